The van der Waals surface area contributed by atoms with E-state index in [1.165, 1.54) is 51.6 Å². The molecule has 0 aromatic rings. The minimum absolute atomic E-state index is 0.712. The van der Waals surface area contributed by atoms with E-state index in [1.54, 1.807) is 0 Å². The average Bonchev–Trinajstić information content (AvgIpc) is 2.86. The summed E-state index contributed by atoms with van der Waals surface area (Å²) in [6, 6.07) is 0. The second-order valence-corrected chi connectivity index (χ2v) is 5.27. The first-order chi connectivity index (χ1) is 6.72. The number of rotatable bonds is 8. The lowest BCUT2D eigenvalue weighted by Gasteiger charge is -2.20. The summed E-state index contributed by atoms with van der Waals surface area (Å²) in [7, 11) is 0. The zero-order valence-electron chi connectivity index (χ0n) is 10.2. The summed E-state index contributed by atoms with van der Waals surface area (Å²) in [5.41, 5.74) is 0.712. The molecule has 14 heavy (non-hydrogen) atoms. The predicted octanol–water partition coefficient (Wildman–Crippen LogP) is 3.59. The molecule has 84 valence electrons. The highest BCUT2D eigenvalue weighted by Crippen LogP contribution is 2.50. The van der Waals surface area contributed by atoms with Crippen molar-refractivity contribution in [3.8, 4) is 0 Å². The predicted molar refractivity (Wildman–Crippen MR) is 63.5 cm³/mol. The maximum absolute atomic E-state index is 3.59. The Kier molecular flexibility index (Phi) is 4.94. The molecule has 0 aliphatic heterocycles. The fourth-order valence-corrected chi connectivity index (χ4v) is 2.49. The molecule has 0 amide bonds. The highest BCUT2D eigenvalue weighted by atomic mass is 14.9. The molecule has 0 radical (unpaired) electrons. The van der Waals surface area contributed by atoms with Crippen LogP contribution in [0.2, 0.25) is 0 Å². The summed E-state index contributed by atoms with van der Waals surface area (Å²) in [6.07, 6.45) is 8.42. The van der Waals surface area contributed by atoms with Crippen molar-refractivity contribution >= 4 is 0 Å². The van der Waals surface area contributed by atoms with Gasteiger partial charge < -0.3 is 5.32 Å². The molecule has 1 N–H and O–H groups in total. The van der Waals surface area contributed by atoms with Gasteiger partial charge in [-0.15, -0.1) is 0 Å². The fraction of sp³-hybridized carbons (Fsp3) is 1.00. The maximum atomic E-state index is 3.59. The summed E-state index contributed by atoms with van der Waals surface area (Å²) in [5, 5.41) is 3.59. The summed E-state index contributed by atoms with van der Waals surface area (Å²) < 4.78 is 0. The summed E-state index contributed by atoms with van der Waals surface area (Å²) in [4.78, 5) is 0. The molecule has 0 bridgehead atoms. The number of nitrogens with one attached hydrogen (secondary N) is 1. The maximum Gasteiger partial charge on any atom is 0.000791 e. The van der Waals surface area contributed by atoms with Crippen LogP contribution in [0.4, 0.5) is 0 Å². The second kappa shape index (κ2) is 5.75. The lowest BCUT2D eigenvalue weighted by Crippen LogP contribution is -2.26. The van der Waals surface area contributed by atoms with Crippen LogP contribution in [-0.4, -0.2) is 13.1 Å². The molecule has 0 aromatic carbocycles. The van der Waals surface area contributed by atoms with Crippen LogP contribution in [-0.2, 0) is 0 Å². The van der Waals surface area contributed by atoms with Gasteiger partial charge in [-0.2, -0.15) is 0 Å². The normalized spacial score (nSPS) is 20.8. The van der Waals surface area contributed by atoms with Crippen LogP contribution in [0.1, 0.15) is 59.3 Å². The molecular formula is C13H27N. The van der Waals surface area contributed by atoms with Gasteiger partial charge in [0.1, 0.15) is 0 Å². The first-order valence-electron chi connectivity index (χ1n) is 6.43. The van der Waals surface area contributed by atoms with Crippen LogP contribution in [0.15, 0.2) is 0 Å². The summed E-state index contributed by atoms with van der Waals surface area (Å²) >= 11 is 0. The minimum atomic E-state index is 0.712. The molecule has 0 aromatic heterocycles. The van der Waals surface area contributed by atoms with E-state index in [4.69, 9.17) is 0 Å². The highest BCUT2D eigenvalue weighted by Gasteiger charge is 2.42. The SMILES string of the molecule is CCCNCC1(CC(C)CCC)CC1. The van der Waals surface area contributed by atoms with Crippen LogP contribution in [0.25, 0.3) is 0 Å². The molecule has 1 nitrogen and oxygen atoms in total. The lowest BCUT2D eigenvalue weighted by atomic mass is 9.90. The molecule has 0 heterocycles. The Morgan fingerprint density at radius 1 is 1.21 bits per heavy atom. The van der Waals surface area contributed by atoms with Gasteiger partial charge in [-0.1, -0.05) is 33.6 Å². The Hall–Kier alpha value is -0.0400. The van der Waals surface area contributed by atoms with Crippen LogP contribution in [0, 0.1) is 11.3 Å². The van der Waals surface area contributed by atoms with E-state index < -0.39 is 0 Å². The Morgan fingerprint density at radius 2 is 1.93 bits per heavy atom. The van der Waals surface area contributed by atoms with Crippen LogP contribution in [0.5, 0.6) is 0 Å². The molecule has 1 aliphatic rings. The summed E-state index contributed by atoms with van der Waals surface area (Å²) in [5.74, 6) is 0.936. The Bertz CT molecular complexity index is 149. The third-order valence-electron chi connectivity index (χ3n) is 3.45. The zero-order chi connectivity index (χ0) is 10.4. The van der Waals surface area contributed by atoms with Gasteiger partial charge in [0.2, 0.25) is 0 Å². The quantitative estimate of drug-likeness (QED) is 0.586. The Balaban J connectivity index is 2.14. The zero-order valence-corrected chi connectivity index (χ0v) is 10.2. The molecule has 1 heteroatoms. The molecule has 0 saturated heterocycles. The van der Waals surface area contributed by atoms with E-state index in [-0.39, 0.29) is 0 Å². The van der Waals surface area contributed by atoms with Crippen LogP contribution < -0.4 is 5.32 Å². The number of hydrogen-bond donors (Lipinski definition) is 1. The van der Waals surface area contributed by atoms with E-state index in [9.17, 15) is 0 Å². The first-order valence-corrected chi connectivity index (χ1v) is 6.43. The monoisotopic (exact) mass is 197 g/mol. The standard InChI is InChI=1S/C13H27N/c1-4-6-12(3)10-13(7-8-13)11-14-9-5-2/h12,14H,4-11H2,1-3H3. The molecule has 1 fully saturated rings. The van der Waals surface area contributed by atoms with Crippen molar-refractivity contribution in [2.75, 3.05) is 13.1 Å². The molecule has 1 atom stereocenters. The third kappa shape index (κ3) is 4.00. The summed E-state index contributed by atoms with van der Waals surface area (Å²) in [6.45, 7) is 9.43. The van der Waals surface area contributed by atoms with E-state index in [2.05, 4.69) is 26.1 Å². The van der Waals surface area contributed by atoms with Gasteiger partial charge in [0.15, 0.2) is 0 Å². The Labute approximate surface area is 89.7 Å². The van der Waals surface area contributed by atoms with E-state index in [0.29, 0.717) is 5.41 Å². The smallest absolute Gasteiger partial charge is 0.000791 e. The molecule has 1 aliphatic carbocycles. The van der Waals surface area contributed by atoms with Crippen molar-refractivity contribution in [2.45, 2.75) is 59.3 Å². The Morgan fingerprint density at radius 3 is 2.43 bits per heavy atom. The van der Waals surface area contributed by atoms with Crippen molar-refractivity contribution in [2.24, 2.45) is 11.3 Å². The molecular weight excluding hydrogens is 170 g/mol. The second-order valence-electron chi connectivity index (χ2n) is 5.27. The van der Waals surface area contributed by atoms with Gasteiger partial charge in [-0.25, -0.2) is 0 Å². The average molecular weight is 197 g/mol. The van der Waals surface area contributed by atoms with Gasteiger partial charge in [-0.3, -0.25) is 0 Å². The van der Waals surface area contributed by atoms with Crippen molar-refractivity contribution in [1.82, 2.24) is 5.32 Å². The lowest BCUT2D eigenvalue weighted by molar-refractivity contribution is 0.338. The molecule has 1 saturated carbocycles. The molecule has 1 unspecified atom stereocenters. The van der Waals surface area contributed by atoms with Crippen molar-refractivity contribution in [1.29, 1.82) is 0 Å². The molecule has 0 spiro atoms. The van der Waals surface area contributed by atoms with Crippen molar-refractivity contribution in [3.63, 3.8) is 0 Å². The van der Waals surface area contributed by atoms with E-state index in [1.807, 2.05) is 0 Å². The largest absolute Gasteiger partial charge is 0.316 e. The third-order valence-corrected chi connectivity index (χ3v) is 3.45. The fourth-order valence-electron chi connectivity index (χ4n) is 2.49. The van der Waals surface area contributed by atoms with E-state index in [0.717, 1.165) is 5.92 Å². The van der Waals surface area contributed by atoms with Crippen molar-refractivity contribution < 1.29 is 0 Å². The number of hydrogen-bond acceptors (Lipinski definition) is 1. The molecule has 1 rings (SSSR count). The topological polar surface area (TPSA) is 12.0 Å². The van der Waals surface area contributed by atoms with Gasteiger partial charge >= 0.3 is 0 Å². The van der Waals surface area contributed by atoms with Gasteiger partial charge in [0.05, 0.1) is 0 Å². The highest BCUT2D eigenvalue weighted by molar-refractivity contribution is 4.95. The van der Waals surface area contributed by atoms with Crippen LogP contribution in [0.3, 0.4) is 0 Å². The van der Waals surface area contributed by atoms with Gasteiger partial charge in [-0.05, 0) is 43.6 Å². The van der Waals surface area contributed by atoms with Gasteiger partial charge in [0, 0.05) is 6.54 Å². The van der Waals surface area contributed by atoms with Gasteiger partial charge in [0.25, 0.3) is 0 Å². The van der Waals surface area contributed by atoms with Crippen LogP contribution >= 0.6 is 0 Å². The van der Waals surface area contributed by atoms with Crippen molar-refractivity contribution in [3.05, 3.63) is 0 Å². The minimum Gasteiger partial charge on any atom is -0.316 e. The first kappa shape index (κ1) is 12.0. The van der Waals surface area contributed by atoms with E-state index >= 15 is 0 Å².